The Balaban J connectivity index is 2.36. The van der Waals surface area contributed by atoms with E-state index in [1.807, 2.05) is 60.7 Å². The molecule has 19 heavy (non-hydrogen) atoms. The van der Waals surface area contributed by atoms with Crippen LogP contribution in [0, 0.1) is 11.3 Å². The van der Waals surface area contributed by atoms with E-state index in [2.05, 4.69) is 6.07 Å². The fraction of sp³-hybridized carbons (Fsp3) is 0.188. The molecule has 2 rings (SSSR count). The third-order valence-corrected chi connectivity index (χ3v) is 6.81. The first-order valence-corrected chi connectivity index (χ1v) is 8.53. The summed E-state index contributed by atoms with van der Waals surface area (Å²) in [6, 6.07) is 21.4. The monoisotopic (exact) mass is 269 g/mol. The van der Waals surface area contributed by atoms with Gasteiger partial charge in [-0.1, -0.05) is 60.7 Å². The van der Waals surface area contributed by atoms with E-state index in [0.717, 1.165) is 10.4 Å². The molecule has 0 N–H and O–H groups in total. The van der Waals surface area contributed by atoms with Crippen LogP contribution in [0.5, 0.6) is 0 Å². The summed E-state index contributed by atoms with van der Waals surface area (Å²) in [5.41, 5.74) is 0. The number of benzene rings is 2. The maximum atomic E-state index is 15.6. The molecule has 0 spiro atoms. The van der Waals surface area contributed by atoms with E-state index < -0.39 is 8.41 Å². The summed E-state index contributed by atoms with van der Waals surface area (Å²) in [4.78, 5) is 0. The Hall–Kier alpha value is -1.92. The van der Waals surface area contributed by atoms with Crippen LogP contribution >= 0.6 is 0 Å². The molecule has 0 saturated heterocycles. The van der Waals surface area contributed by atoms with Crippen LogP contribution in [-0.2, 0) is 0 Å². The van der Waals surface area contributed by atoms with E-state index >= 15 is 4.11 Å². The average molecular weight is 269 g/mol. The van der Waals surface area contributed by atoms with Crippen LogP contribution < -0.4 is 10.4 Å². The lowest BCUT2D eigenvalue weighted by molar-refractivity contribution is 0.785. The second kappa shape index (κ2) is 6.30. The summed E-state index contributed by atoms with van der Waals surface area (Å²) >= 11 is 0. The highest BCUT2D eigenvalue weighted by atomic mass is 28.4. The molecule has 0 aromatic heterocycles. The standard InChI is InChI=1S/C16H16FNSi/c17-19(14-8-7-13-18,15-9-3-1-4-10-15)16-11-5-2-6-12-16/h1-6,9-12H,7-8,14H2. The van der Waals surface area contributed by atoms with Gasteiger partial charge in [0.1, 0.15) is 0 Å². The minimum atomic E-state index is -3.19. The maximum absolute atomic E-state index is 15.6. The van der Waals surface area contributed by atoms with Crippen LogP contribution in [0.4, 0.5) is 4.11 Å². The predicted octanol–water partition coefficient (Wildman–Crippen LogP) is 3.02. The molecule has 0 unspecified atom stereocenters. The minimum Gasteiger partial charge on any atom is -0.302 e. The van der Waals surface area contributed by atoms with Crippen molar-refractivity contribution in [2.75, 3.05) is 0 Å². The van der Waals surface area contributed by atoms with Gasteiger partial charge in [0, 0.05) is 6.42 Å². The Morgan fingerprint density at radius 2 is 1.37 bits per heavy atom. The van der Waals surface area contributed by atoms with Gasteiger partial charge < -0.3 is 4.11 Å². The molecule has 3 heteroatoms. The van der Waals surface area contributed by atoms with Crippen molar-refractivity contribution in [2.24, 2.45) is 0 Å². The van der Waals surface area contributed by atoms with Crippen molar-refractivity contribution in [1.82, 2.24) is 0 Å². The zero-order chi connectivity index (χ0) is 13.6. The number of hydrogen-bond acceptors (Lipinski definition) is 1. The Labute approximate surface area is 114 Å². The summed E-state index contributed by atoms with van der Waals surface area (Å²) in [5, 5.41) is 10.2. The lowest BCUT2D eigenvalue weighted by Gasteiger charge is -2.23. The Morgan fingerprint density at radius 3 is 1.79 bits per heavy atom. The topological polar surface area (TPSA) is 23.8 Å². The second-order valence-electron chi connectivity index (χ2n) is 4.54. The first-order chi connectivity index (χ1) is 9.27. The molecule has 0 saturated carbocycles. The Morgan fingerprint density at radius 1 is 0.895 bits per heavy atom. The van der Waals surface area contributed by atoms with Crippen LogP contribution in [0.25, 0.3) is 0 Å². The molecule has 0 aliphatic carbocycles. The summed E-state index contributed by atoms with van der Waals surface area (Å²) in [7, 11) is -3.19. The van der Waals surface area contributed by atoms with Crippen molar-refractivity contribution >= 4 is 18.8 Å². The van der Waals surface area contributed by atoms with E-state index in [0.29, 0.717) is 18.9 Å². The van der Waals surface area contributed by atoms with Crippen LogP contribution in [-0.4, -0.2) is 8.41 Å². The number of halogens is 1. The second-order valence-corrected chi connectivity index (χ2v) is 7.80. The quantitative estimate of drug-likeness (QED) is 0.465. The van der Waals surface area contributed by atoms with Gasteiger partial charge >= 0.3 is 8.41 Å². The molecule has 0 amide bonds. The largest absolute Gasteiger partial charge is 0.308 e. The van der Waals surface area contributed by atoms with E-state index in [-0.39, 0.29) is 0 Å². The van der Waals surface area contributed by atoms with E-state index in [1.165, 1.54) is 0 Å². The molecule has 0 heterocycles. The molecular weight excluding hydrogens is 253 g/mol. The highest BCUT2D eigenvalue weighted by Gasteiger charge is 2.37. The highest BCUT2D eigenvalue weighted by molar-refractivity contribution is 6.97. The number of nitriles is 1. The van der Waals surface area contributed by atoms with Crippen LogP contribution in [0.15, 0.2) is 60.7 Å². The fourth-order valence-electron chi connectivity index (χ4n) is 2.27. The van der Waals surface area contributed by atoms with Gasteiger partial charge in [0.05, 0.1) is 6.07 Å². The molecule has 0 fully saturated rings. The van der Waals surface area contributed by atoms with Gasteiger partial charge in [-0.05, 0) is 22.8 Å². The number of unbranched alkanes of at least 4 members (excludes halogenated alkanes) is 1. The predicted molar refractivity (Wildman–Crippen MR) is 78.7 cm³/mol. The molecule has 0 aliphatic heterocycles. The lowest BCUT2D eigenvalue weighted by atomic mass is 10.4. The first-order valence-electron chi connectivity index (χ1n) is 6.44. The molecule has 96 valence electrons. The van der Waals surface area contributed by atoms with Crippen molar-refractivity contribution in [3.63, 3.8) is 0 Å². The zero-order valence-corrected chi connectivity index (χ0v) is 11.7. The maximum Gasteiger partial charge on any atom is 0.308 e. The molecule has 0 radical (unpaired) electrons. The summed E-state index contributed by atoms with van der Waals surface area (Å²) in [5.74, 6) is 0. The Bertz CT molecular complexity index is 508. The van der Waals surface area contributed by atoms with Gasteiger partial charge in [-0.15, -0.1) is 0 Å². The Kier molecular flexibility index (Phi) is 4.48. The first kappa shape index (κ1) is 13.5. The normalized spacial score (nSPS) is 10.9. The fourth-order valence-corrected chi connectivity index (χ4v) is 5.29. The van der Waals surface area contributed by atoms with Gasteiger partial charge in [-0.3, -0.25) is 0 Å². The van der Waals surface area contributed by atoms with Crippen molar-refractivity contribution in [2.45, 2.75) is 18.9 Å². The lowest BCUT2D eigenvalue weighted by Crippen LogP contribution is -2.54. The van der Waals surface area contributed by atoms with Gasteiger partial charge in [0.15, 0.2) is 0 Å². The number of rotatable bonds is 5. The van der Waals surface area contributed by atoms with Gasteiger partial charge in [-0.2, -0.15) is 5.26 Å². The van der Waals surface area contributed by atoms with Crippen molar-refractivity contribution in [1.29, 1.82) is 5.26 Å². The molecule has 0 atom stereocenters. The van der Waals surface area contributed by atoms with Gasteiger partial charge in [-0.25, -0.2) is 0 Å². The molecular formula is C16H16FNSi. The van der Waals surface area contributed by atoms with Crippen molar-refractivity contribution in [3.8, 4) is 6.07 Å². The third kappa shape index (κ3) is 3.10. The van der Waals surface area contributed by atoms with E-state index in [4.69, 9.17) is 5.26 Å². The minimum absolute atomic E-state index is 0.415. The zero-order valence-electron chi connectivity index (χ0n) is 10.7. The van der Waals surface area contributed by atoms with Crippen LogP contribution in [0.3, 0.4) is 0 Å². The molecule has 1 nitrogen and oxygen atoms in total. The van der Waals surface area contributed by atoms with Crippen LogP contribution in [0.2, 0.25) is 6.04 Å². The molecule has 0 bridgehead atoms. The van der Waals surface area contributed by atoms with Crippen molar-refractivity contribution < 1.29 is 4.11 Å². The van der Waals surface area contributed by atoms with Crippen molar-refractivity contribution in [3.05, 3.63) is 60.7 Å². The molecule has 2 aromatic rings. The van der Waals surface area contributed by atoms with Crippen LogP contribution in [0.1, 0.15) is 12.8 Å². The SMILES string of the molecule is N#CCCC[Si](F)(c1ccccc1)c1ccccc1. The molecule has 2 aromatic carbocycles. The van der Waals surface area contributed by atoms with Gasteiger partial charge in [0.2, 0.25) is 0 Å². The van der Waals surface area contributed by atoms with E-state index in [1.54, 1.807) is 0 Å². The third-order valence-electron chi connectivity index (χ3n) is 3.27. The number of nitrogens with zero attached hydrogens (tertiary/aromatic N) is 1. The highest BCUT2D eigenvalue weighted by Crippen LogP contribution is 2.16. The smallest absolute Gasteiger partial charge is 0.302 e. The summed E-state index contributed by atoms with van der Waals surface area (Å²) in [6.07, 6.45) is 1.03. The summed E-state index contributed by atoms with van der Waals surface area (Å²) < 4.78 is 15.6. The number of hydrogen-bond donors (Lipinski definition) is 0. The molecule has 0 aliphatic rings. The summed E-state index contributed by atoms with van der Waals surface area (Å²) in [6.45, 7) is 0. The van der Waals surface area contributed by atoms with E-state index in [9.17, 15) is 0 Å². The average Bonchev–Trinajstić information content (AvgIpc) is 2.49. The van der Waals surface area contributed by atoms with Gasteiger partial charge in [0.25, 0.3) is 0 Å².